The molecule has 0 saturated carbocycles. The number of rotatable bonds is 14. The molecule has 1 unspecified atom stereocenters. The van der Waals surface area contributed by atoms with E-state index in [0.29, 0.717) is 0 Å². The Balaban J connectivity index is 0.00000109. The summed E-state index contributed by atoms with van der Waals surface area (Å²) in [7, 11) is -9.44. The summed E-state index contributed by atoms with van der Waals surface area (Å²) in [6.45, 7) is 19.3. The highest BCUT2D eigenvalue weighted by atomic mass is 31.3. The van der Waals surface area contributed by atoms with Gasteiger partial charge in [-0.15, -0.1) is 0 Å². The first-order valence-corrected chi connectivity index (χ1v) is 16.9. The van der Waals surface area contributed by atoms with Crippen molar-refractivity contribution in [3.63, 3.8) is 0 Å². The first-order valence-electron chi connectivity index (χ1n) is 13.9. The molecule has 2 rings (SSSR count). The highest BCUT2D eigenvalue weighted by Gasteiger charge is 2.45. The van der Waals surface area contributed by atoms with Crippen molar-refractivity contribution in [2.24, 2.45) is 0 Å². The Labute approximate surface area is 256 Å². The number of phosphoric acid groups is 2. The minimum Gasteiger partial charge on any atom is -0.452 e. The van der Waals surface area contributed by atoms with Gasteiger partial charge in [0.15, 0.2) is 12.0 Å². The third-order valence-electron chi connectivity index (χ3n) is 6.21. The van der Waals surface area contributed by atoms with Crippen molar-refractivity contribution in [2.75, 3.05) is 58.4 Å². The lowest BCUT2D eigenvalue weighted by Crippen LogP contribution is -2.37. The number of nitrogens with one attached hydrogen (secondary N) is 2. The molecule has 1 amide bonds. The Morgan fingerprint density at radius 1 is 0.977 bits per heavy atom. The Bertz CT molecular complexity index is 1090. The van der Waals surface area contributed by atoms with Gasteiger partial charge in [0.1, 0.15) is 18.3 Å². The fraction of sp³-hybridized carbons (Fsp3) is 0.783. The molecule has 258 valence electrons. The minimum atomic E-state index is -5.35. The van der Waals surface area contributed by atoms with Crippen LogP contribution >= 0.6 is 15.6 Å². The molecule has 1 saturated heterocycles. The highest BCUT2D eigenvalue weighted by molar-refractivity contribution is 7.60. The summed E-state index contributed by atoms with van der Waals surface area (Å²) in [6.07, 6.45) is -6.13. The molecule has 1 aromatic rings. The Kier molecular flexibility index (Phi) is 20.0. The first-order chi connectivity index (χ1) is 20.5. The summed E-state index contributed by atoms with van der Waals surface area (Å²) in [5.41, 5.74) is 3.37. The van der Waals surface area contributed by atoms with E-state index in [1.54, 1.807) is 0 Å². The molecule has 1 aromatic heterocycles. The molecular formula is C23H48N6O13P2. The van der Waals surface area contributed by atoms with Crippen LogP contribution in [-0.4, -0.2) is 122 Å². The van der Waals surface area contributed by atoms with Gasteiger partial charge in [0.05, 0.1) is 13.7 Å². The van der Waals surface area contributed by atoms with Crippen molar-refractivity contribution in [3.05, 3.63) is 22.7 Å². The molecule has 19 nitrogen and oxygen atoms in total. The van der Waals surface area contributed by atoms with E-state index < -0.39 is 58.6 Å². The fourth-order valence-corrected chi connectivity index (χ4v) is 5.21. The van der Waals surface area contributed by atoms with Gasteiger partial charge in [-0.05, 0) is 45.3 Å². The predicted molar refractivity (Wildman–Crippen MR) is 159 cm³/mol. The molecule has 1 aliphatic heterocycles. The monoisotopic (exact) mass is 678 g/mol. The lowest BCUT2D eigenvalue weighted by atomic mass is 10.1. The number of hydrogen-bond donors (Lipinski definition) is 7. The molecule has 5 atom stereocenters. The largest absolute Gasteiger partial charge is 0.481 e. The zero-order valence-corrected chi connectivity index (χ0v) is 27.9. The maximum atomic E-state index is 12.1. The van der Waals surface area contributed by atoms with Crippen LogP contribution in [-0.2, 0) is 27.4 Å². The third-order valence-corrected chi connectivity index (χ3v) is 8.37. The minimum absolute atomic E-state index is 0.0922. The molecule has 21 heteroatoms. The van der Waals surface area contributed by atoms with Crippen molar-refractivity contribution in [3.8, 4) is 0 Å². The van der Waals surface area contributed by atoms with E-state index in [1.807, 2.05) is 0 Å². The first kappa shape index (κ1) is 42.0. The summed E-state index contributed by atoms with van der Waals surface area (Å²) >= 11 is 0. The lowest BCUT2D eigenvalue weighted by molar-refractivity contribution is -0.0541. The van der Waals surface area contributed by atoms with Crippen LogP contribution in [0.15, 0.2) is 17.1 Å². The smallest absolute Gasteiger partial charge is 0.452 e. The van der Waals surface area contributed by atoms with E-state index in [0.717, 1.165) is 17.9 Å². The number of hydrazine groups is 1. The lowest BCUT2D eigenvalue weighted by Gasteiger charge is -2.18. The van der Waals surface area contributed by atoms with Gasteiger partial charge in [0.25, 0.3) is 0 Å². The van der Waals surface area contributed by atoms with Gasteiger partial charge < -0.3 is 44.2 Å². The SMILES string of the molecule is CCN(CC)CC.CCN(CC)CC.COC(=O)NNc1ccn([C@@H]2O[C@H](COP(=O)(O)OP(=O)(O)O)[C@@H](O)[C@H]2O)c(=O)n1. The number of methoxy groups -OCH3 is 1. The second-order valence-electron chi connectivity index (χ2n) is 8.87. The van der Waals surface area contributed by atoms with E-state index in [-0.39, 0.29) is 5.82 Å². The van der Waals surface area contributed by atoms with Gasteiger partial charge in [0, 0.05) is 6.20 Å². The van der Waals surface area contributed by atoms with E-state index in [1.165, 1.54) is 45.3 Å². The van der Waals surface area contributed by atoms with Gasteiger partial charge in [-0.1, -0.05) is 41.5 Å². The topological polar surface area (TPSA) is 255 Å². The molecule has 0 aliphatic carbocycles. The van der Waals surface area contributed by atoms with Crippen LogP contribution in [0.5, 0.6) is 0 Å². The number of aromatic nitrogens is 2. The second kappa shape index (κ2) is 20.9. The maximum Gasteiger partial charge on any atom is 0.481 e. The molecule has 0 bridgehead atoms. The van der Waals surface area contributed by atoms with Gasteiger partial charge in [-0.25, -0.2) is 24.1 Å². The predicted octanol–water partition coefficient (Wildman–Crippen LogP) is 0.468. The highest BCUT2D eigenvalue weighted by Crippen LogP contribution is 2.57. The number of carbonyl (C=O) groups excluding carboxylic acids is 1. The van der Waals surface area contributed by atoms with E-state index in [9.17, 15) is 33.8 Å². The number of aliphatic hydroxyl groups excluding tert-OH is 2. The average molecular weight is 679 g/mol. The Hall–Kier alpha value is -1.99. The van der Waals surface area contributed by atoms with Gasteiger partial charge >= 0.3 is 27.4 Å². The van der Waals surface area contributed by atoms with Crippen LogP contribution in [0.3, 0.4) is 0 Å². The van der Waals surface area contributed by atoms with Crippen LogP contribution in [0.2, 0.25) is 0 Å². The fourth-order valence-electron chi connectivity index (χ4n) is 3.61. The average Bonchev–Trinajstić information content (AvgIpc) is 3.25. The van der Waals surface area contributed by atoms with Crippen LogP contribution in [0.1, 0.15) is 47.8 Å². The molecule has 0 spiro atoms. The summed E-state index contributed by atoms with van der Waals surface area (Å²) in [5, 5.41) is 20.1. The number of nitrogens with zero attached hydrogens (tertiary/aromatic N) is 4. The molecule has 1 fully saturated rings. The molecular weight excluding hydrogens is 630 g/mol. The van der Waals surface area contributed by atoms with Crippen LogP contribution in [0.4, 0.5) is 10.6 Å². The van der Waals surface area contributed by atoms with Crippen LogP contribution in [0.25, 0.3) is 0 Å². The number of phosphoric ester groups is 1. The standard InChI is InChI=1S/C11H18N4O13P2.2C6H15N/c1-25-11(19)14-13-6-2-3-15(10(18)12-6)9-8(17)7(16)5(27-9)4-26-30(23,24)28-29(20,21)22;2*1-4-7(5-2)6-3/h2-3,5,7-9,16-17H,4H2,1H3,(H,14,19)(H,23,24)(H,12,13,18)(H2,20,21,22);2*4-6H2,1-3H3/t5-,7-,8-,9-;;/m1../s1. The summed E-state index contributed by atoms with van der Waals surface area (Å²) in [4.78, 5) is 57.8. The maximum absolute atomic E-state index is 12.1. The molecule has 2 heterocycles. The Morgan fingerprint density at radius 3 is 1.86 bits per heavy atom. The quantitative estimate of drug-likeness (QED) is 0.104. The van der Waals surface area contributed by atoms with Crippen LogP contribution in [0, 0.1) is 0 Å². The summed E-state index contributed by atoms with van der Waals surface area (Å²) in [6, 6.07) is 1.21. The van der Waals surface area contributed by atoms with Crippen molar-refractivity contribution in [2.45, 2.75) is 66.1 Å². The molecule has 0 aromatic carbocycles. The van der Waals surface area contributed by atoms with Gasteiger partial charge in [-0.2, -0.15) is 9.29 Å². The Morgan fingerprint density at radius 2 is 1.48 bits per heavy atom. The number of amides is 1. The van der Waals surface area contributed by atoms with E-state index >= 15 is 0 Å². The van der Waals surface area contributed by atoms with Crippen molar-refractivity contribution < 1.29 is 57.1 Å². The second-order valence-corrected chi connectivity index (χ2v) is 11.7. The normalized spacial score (nSPS) is 21.0. The zero-order chi connectivity index (χ0) is 34.1. The molecule has 7 N–H and O–H groups in total. The van der Waals surface area contributed by atoms with Crippen molar-refractivity contribution in [1.29, 1.82) is 0 Å². The van der Waals surface area contributed by atoms with Crippen molar-refractivity contribution in [1.82, 2.24) is 24.8 Å². The van der Waals surface area contributed by atoms with Gasteiger partial charge in [-0.3, -0.25) is 14.5 Å². The number of aliphatic hydroxyl groups is 2. The summed E-state index contributed by atoms with van der Waals surface area (Å²) in [5.74, 6) is -0.0922. The number of carbonyl (C=O) groups is 1. The number of hydrogen-bond acceptors (Lipinski definition) is 14. The molecule has 44 heavy (non-hydrogen) atoms. The zero-order valence-electron chi connectivity index (χ0n) is 26.1. The third kappa shape index (κ3) is 15.8. The number of anilines is 1. The molecule has 1 aliphatic rings. The van der Waals surface area contributed by atoms with E-state index in [2.05, 4.69) is 80.7 Å². The number of ether oxygens (including phenoxy) is 2. The van der Waals surface area contributed by atoms with E-state index in [4.69, 9.17) is 14.5 Å². The van der Waals surface area contributed by atoms with Crippen LogP contribution < -0.4 is 16.5 Å². The van der Waals surface area contributed by atoms with Gasteiger partial charge in [0.2, 0.25) is 0 Å². The summed E-state index contributed by atoms with van der Waals surface area (Å²) < 4.78 is 40.3. The van der Waals surface area contributed by atoms with Crippen molar-refractivity contribution >= 4 is 27.6 Å². The molecule has 0 radical (unpaired) electrons.